The Bertz CT molecular complexity index is 1110. The third-order valence-electron chi connectivity index (χ3n) is 4.33. The topological polar surface area (TPSA) is 90.4 Å². The molecule has 1 atom stereocenters. The van der Waals surface area contributed by atoms with Gasteiger partial charge in [0.2, 0.25) is 0 Å². The summed E-state index contributed by atoms with van der Waals surface area (Å²) in [5, 5.41) is 15.9. The first-order valence-corrected chi connectivity index (χ1v) is 9.21. The van der Waals surface area contributed by atoms with Crippen LogP contribution in [0.5, 0.6) is 0 Å². The predicted molar refractivity (Wildman–Crippen MR) is 108 cm³/mol. The van der Waals surface area contributed by atoms with E-state index in [1.165, 1.54) is 17.0 Å². The standard InChI is InChI=1S/C19H17BrN4O3/c1-3-12(2)18-22-16-9-8-14(20)10-15(16)19(25)23(18)21-11-13-6-4-5-7-17(13)24(26)27/h4-12H,3H2,1-2H3/t12-/m0/s1. The lowest BCUT2D eigenvalue weighted by molar-refractivity contribution is -0.385. The smallest absolute Gasteiger partial charge is 0.267 e. The van der Waals surface area contributed by atoms with Crippen molar-refractivity contribution in [2.24, 2.45) is 5.10 Å². The number of nitro benzene ring substituents is 1. The van der Waals surface area contributed by atoms with Gasteiger partial charge in [0.25, 0.3) is 11.2 Å². The molecule has 0 aliphatic heterocycles. The van der Waals surface area contributed by atoms with E-state index in [9.17, 15) is 14.9 Å². The molecule has 8 heteroatoms. The maximum atomic E-state index is 13.0. The van der Waals surface area contributed by atoms with Gasteiger partial charge in [-0.05, 0) is 30.7 Å². The van der Waals surface area contributed by atoms with Crippen molar-refractivity contribution >= 4 is 38.7 Å². The summed E-state index contributed by atoms with van der Waals surface area (Å²) in [6.45, 7) is 3.96. The number of fused-ring (bicyclic) bond motifs is 1. The van der Waals surface area contributed by atoms with E-state index in [-0.39, 0.29) is 17.2 Å². The second kappa shape index (κ2) is 7.79. The molecule has 0 radical (unpaired) electrons. The van der Waals surface area contributed by atoms with Gasteiger partial charge in [-0.1, -0.05) is 41.9 Å². The zero-order valence-electron chi connectivity index (χ0n) is 14.8. The van der Waals surface area contributed by atoms with Crippen LogP contribution in [0.25, 0.3) is 10.9 Å². The average molecular weight is 429 g/mol. The molecule has 0 unspecified atom stereocenters. The van der Waals surface area contributed by atoms with Crippen LogP contribution in [-0.4, -0.2) is 20.8 Å². The van der Waals surface area contributed by atoms with Crippen molar-refractivity contribution in [3.8, 4) is 0 Å². The Labute approximate surface area is 163 Å². The summed E-state index contributed by atoms with van der Waals surface area (Å²) in [7, 11) is 0. The van der Waals surface area contributed by atoms with Crippen LogP contribution in [0, 0.1) is 10.1 Å². The van der Waals surface area contributed by atoms with Crippen molar-refractivity contribution in [3.63, 3.8) is 0 Å². The number of halogens is 1. The Balaban J connectivity index is 2.22. The number of nitro groups is 1. The van der Waals surface area contributed by atoms with Crippen molar-refractivity contribution in [3.05, 3.63) is 78.8 Å². The molecular weight excluding hydrogens is 412 g/mol. The third-order valence-corrected chi connectivity index (χ3v) is 4.83. The second-order valence-electron chi connectivity index (χ2n) is 6.12. The van der Waals surface area contributed by atoms with Crippen LogP contribution in [0.15, 0.2) is 56.8 Å². The molecule has 1 heterocycles. The zero-order valence-corrected chi connectivity index (χ0v) is 16.4. The molecule has 7 nitrogen and oxygen atoms in total. The van der Waals surface area contributed by atoms with Gasteiger partial charge in [0.05, 0.1) is 27.6 Å². The van der Waals surface area contributed by atoms with E-state index >= 15 is 0 Å². The van der Waals surface area contributed by atoms with E-state index in [0.717, 1.165) is 10.9 Å². The third kappa shape index (κ3) is 3.80. The van der Waals surface area contributed by atoms with E-state index in [1.54, 1.807) is 30.3 Å². The molecule has 3 rings (SSSR count). The number of rotatable bonds is 5. The summed E-state index contributed by atoms with van der Waals surface area (Å²) in [5.41, 5.74) is 0.525. The maximum Gasteiger partial charge on any atom is 0.282 e. The van der Waals surface area contributed by atoms with Gasteiger partial charge < -0.3 is 0 Å². The van der Waals surface area contributed by atoms with Gasteiger partial charge in [-0.15, -0.1) is 0 Å². The van der Waals surface area contributed by atoms with Gasteiger partial charge in [0, 0.05) is 16.5 Å². The van der Waals surface area contributed by atoms with Crippen molar-refractivity contribution in [1.82, 2.24) is 9.66 Å². The van der Waals surface area contributed by atoms with Gasteiger partial charge in [0.15, 0.2) is 0 Å². The molecule has 0 bridgehead atoms. The monoisotopic (exact) mass is 428 g/mol. The summed E-state index contributed by atoms with van der Waals surface area (Å²) in [6, 6.07) is 11.6. The molecule has 27 heavy (non-hydrogen) atoms. The maximum absolute atomic E-state index is 13.0. The summed E-state index contributed by atoms with van der Waals surface area (Å²) in [6.07, 6.45) is 2.10. The normalized spacial score (nSPS) is 12.6. The highest BCUT2D eigenvalue weighted by atomic mass is 79.9. The van der Waals surface area contributed by atoms with Crippen LogP contribution in [-0.2, 0) is 0 Å². The first kappa shape index (κ1) is 18.9. The molecule has 0 saturated carbocycles. The minimum Gasteiger partial charge on any atom is -0.267 e. The first-order valence-electron chi connectivity index (χ1n) is 8.42. The largest absolute Gasteiger partial charge is 0.282 e. The SMILES string of the molecule is CC[C@H](C)c1nc2ccc(Br)cc2c(=O)n1N=Cc1ccccc1[N+](=O)[O-]. The number of hydrogen-bond acceptors (Lipinski definition) is 5. The highest BCUT2D eigenvalue weighted by Gasteiger charge is 2.16. The molecule has 0 saturated heterocycles. The van der Waals surface area contributed by atoms with Crippen molar-refractivity contribution < 1.29 is 4.92 Å². The van der Waals surface area contributed by atoms with Gasteiger partial charge in [-0.2, -0.15) is 9.78 Å². The van der Waals surface area contributed by atoms with Gasteiger partial charge in [-0.3, -0.25) is 14.9 Å². The Hall–Kier alpha value is -2.87. The number of aromatic nitrogens is 2. The molecular formula is C19H17BrN4O3. The highest BCUT2D eigenvalue weighted by Crippen LogP contribution is 2.21. The highest BCUT2D eigenvalue weighted by molar-refractivity contribution is 9.10. The minimum atomic E-state index is -0.477. The Kier molecular flexibility index (Phi) is 5.46. The fourth-order valence-electron chi connectivity index (χ4n) is 2.66. The second-order valence-corrected chi connectivity index (χ2v) is 7.03. The number of nitrogens with zero attached hydrogens (tertiary/aromatic N) is 4. The van der Waals surface area contributed by atoms with Crippen LogP contribution >= 0.6 is 15.9 Å². The van der Waals surface area contributed by atoms with E-state index in [4.69, 9.17) is 0 Å². The van der Waals surface area contributed by atoms with Crippen molar-refractivity contribution in [2.45, 2.75) is 26.2 Å². The lowest BCUT2D eigenvalue weighted by atomic mass is 10.1. The van der Waals surface area contributed by atoms with E-state index < -0.39 is 4.92 Å². The Morgan fingerprint density at radius 1 is 1.33 bits per heavy atom. The molecule has 2 aromatic carbocycles. The van der Waals surface area contributed by atoms with E-state index in [2.05, 4.69) is 26.0 Å². The summed E-state index contributed by atoms with van der Waals surface area (Å²) in [4.78, 5) is 28.3. The molecule has 0 aliphatic rings. The zero-order chi connectivity index (χ0) is 19.6. The average Bonchev–Trinajstić information content (AvgIpc) is 2.67. The Morgan fingerprint density at radius 3 is 2.78 bits per heavy atom. The van der Waals surface area contributed by atoms with Crippen LogP contribution < -0.4 is 5.56 Å². The number of benzene rings is 2. The summed E-state index contributed by atoms with van der Waals surface area (Å²) in [5.74, 6) is 0.515. The molecule has 1 aromatic heterocycles. The molecule has 0 fully saturated rings. The Morgan fingerprint density at radius 2 is 2.07 bits per heavy atom. The minimum absolute atomic E-state index is 0.00587. The van der Waals surface area contributed by atoms with Crippen LogP contribution in [0.2, 0.25) is 0 Å². The number of para-hydroxylation sites is 1. The summed E-state index contributed by atoms with van der Waals surface area (Å²) < 4.78 is 2.00. The van der Waals surface area contributed by atoms with Crippen LogP contribution in [0.4, 0.5) is 5.69 Å². The molecule has 0 amide bonds. The van der Waals surface area contributed by atoms with E-state index in [0.29, 0.717) is 22.3 Å². The molecule has 0 N–H and O–H groups in total. The van der Waals surface area contributed by atoms with Crippen LogP contribution in [0.1, 0.15) is 37.6 Å². The summed E-state index contributed by atoms with van der Waals surface area (Å²) >= 11 is 3.36. The quantitative estimate of drug-likeness (QED) is 0.340. The predicted octanol–water partition coefficient (Wildman–Crippen LogP) is 4.46. The number of hydrogen-bond donors (Lipinski definition) is 0. The molecule has 0 aliphatic carbocycles. The fourth-order valence-corrected chi connectivity index (χ4v) is 3.02. The molecule has 0 spiro atoms. The van der Waals surface area contributed by atoms with E-state index in [1.807, 2.05) is 19.9 Å². The van der Waals surface area contributed by atoms with Crippen molar-refractivity contribution in [1.29, 1.82) is 0 Å². The van der Waals surface area contributed by atoms with Gasteiger partial charge >= 0.3 is 0 Å². The van der Waals surface area contributed by atoms with Gasteiger partial charge in [-0.25, -0.2) is 4.98 Å². The van der Waals surface area contributed by atoms with Gasteiger partial charge in [0.1, 0.15) is 5.82 Å². The molecule has 138 valence electrons. The lowest BCUT2D eigenvalue weighted by Crippen LogP contribution is -2.23. The first-order chi connectivity index (χ1) is 12.9. The fraction of sp³-hybridized carbons (Fsp3) is 0.211. The molecule has 3 aromatic rings. The lowest BCUT2D eigenvalue weighted by Gasteiger charge is -2.13. The van der Waals surface area contributed by atoms with Crippen molar-refractivity contribution in [2.75, 3.05) is 0 Å². The van der Waals surface area contributed by atoms with Crippen LogP contribution in [0.3, 0.4) is 0 Å².